The van der Waals surface area contributed by atoms with Gasteiger partial charge in [0.15, 0.2) is 0 Å². The van der Waals surface area contributed by atoms with Gasteiger partial charge in [0.1, 0.15) is 5.41 Å². The van der Waals surface area contributed by atoms with Gasteiger partial charge in [0.25, 0.3) is 0 Å². The van der Waals surface area contributed by atoms with Crippen LogP contribution in [0.2, 0.25) is 10.0 Å². The lowest BCUT2D eigenvalue weighted by atomic mass is 9.58. The maximum absolute atomic E-state index is 14.0. The number of carbonyl (C=O) groups is 2. The fourth-order valence-corrected chi connectivity index (χ4v) is 5.72. The largest absolute Gasteiger partial charge is 0.348 e. The highest BCUT2D eigenvalue weighted by atomic mass is 35.5. The average molecular weight is 485 g/mol. The highest BCUT2D eigenvalue weighted by Crippen LogP contribution is 2.55. The van der Waals surface area contributed by atoms with Gasteiger partial charge in [-0.2, -0.15) is 0 Å². The Morgan fingerprint density at radius 3 is 2.48 bits per heavy atom. The van der Waals surface area contributed by atoms with E-state index in [0.717, 1.165) is 23.1 Å². The summed E-state index contributed by atoms with van der Waals surface area (Å²) in [5.41, 5.74) is 2.51. The number of anilines is 1. The van der Waals surface area contributed by atoms with Crippen LogP contribution in [-0.2, 0) is 15.0 Å². The molecule has 4 nitrogen and oxygen atoms in total. The molecule has 1 fully saturated rings. The van der Waals surface area contributed by atoms with Crippen LogP contribution in [0.25, 0.3) is 0 Å². The molecular formula is C27H30Cl2N2O2. The zero-order valence-corrected chi connectivity index (χ0v) is 20.9. The number of piperidine rings is 1. The van der Waals surface area contributed by atoms with E-state index in [1.165, 1.54) is 0 Å². The average Bonchev–Trinajstić information content (AvgIpc) is 3.01. The van der Waals surface area contributed by atoms with Crippen LogP contribution in [-0.4, -0.2) is 17.9 Å². The lowest BCUT2D eigenvalue weighted by molar-refractivity contribution is -0.130. The number of fused-ring (bicyclic) bond motifs is 2. The number of hydrogen-bond donors (Lipinski definition) is 2. The SMILES string of the molecule is CC(C)C/C=C(/C(C)C)[C@H]1NC(=O)C[C@@H](c2cccc(Cl)c2)[C@]12C(=O)Nc1cc(Cl)ccc12. The van der Waals surface area contributed by atoms with Crippen molar-refractivity contribution >= 4 is 40.7 Å². The van der Waals surface area contributed by atoms with E-state index in [4.69, 9.17) is 23.2 Å². The minimum atomic E-state index is -1.01. The van der Waals surface area contributed by atoms with Crippen LogP contribution in [0.1, 0.15) is 57.6 Å². The van der Waals surface area contributed by atoms with Gasteiger partial charge in [-0.1, -0.05) is 75.2 Å². The third kappa shape index (κ3) is 4.20. The Labute approximate surface area is 205 Å². The summed E-state index contributed by atoms with van der Waals surface area (Å²) in [6.07, 6.45) is 3.28. The summed E-state index contributed by atoms with van der Waals surface area (Å²) < 4.78 is 0. The summed E-state index contributed by atoms with van der Waals surface area (Å²) >= 11 is 12.6. The molecule has 0 aliphatic carbocycles. The first-order chi connectivity index (χ1) is 15.6. The van der Waals surface area contributed by atoms with Gasteiger partial charge in [-0.05, 0) is 59.2 Å². The predicted octanol–water partition coefficient (Wildman–Crippen LogP) is 6.48. The summed E-state index contributed by atoms with van der Waals surface area (Å²) in [5, 5.41) is 7.44. The lowest BCUT2D eigenvalue weighted by Crippen LogP contribution is -2.63. The van der Waals surface area contributed by atoms with Gasteiger partial charge < -0.3 is 10.6 Å². The quantitative estimate of drug-likeness (QED) is 0.476. The molecule has 0 saturated carbocycles. The molecule has 0 aromatic heterocycles. The van der Waals surface area contributed by atoms with Crippen LogP contribution in [0.3, 0.4) is 0 Å². The van der Waals surface area contributed by atoms with Crippen LogP contribution in [0.4, 0.5) is 5.69 Å². The number of amides is 2. The second-order valence-corrected chi connectivity index (χ2v) is 10.7. The van der Waals surface area contributed by atoms with Gasteiger partial charge in [0.05, 0.1) is 6.04 Å². The topological polar surface area (TPSA) is 58.2 Å². The number of hydrogen-bond acceptors (Lipinski definition) is 2. The number of benzene rings is 2. The highest BCUT2D eigenvalue weighted by molar-refractivity contribution is 6.31. The van der Waals surface area contributed by atoms with Gasteiger partial charge in [0.2, 0.25) is 11.8 Å². The van der Waals surface area contributed by atoms with Gasteiger partial charge >= 0.3 is 0 Å². The monoisotopic (exact) mass is 484 g/mol. The van der Waals surface area contributed by atoms with E-state index < -0.39 is 11.5 Å². The summed E-state index contributed by atoms with van der Waals surface area (Å²) in [7, 11) is 0. The summed E-state index contributed by atoms with van der Waals surface area (Å²) in [4.78, 5) is 27.1. The summed E-state index contributed by atoms with van der Waals surface area (Å²) in [6, 6.07) is 12.6. The number of halogens is 2. The van der Waals surface area contributed by atoms with Gasteiger partial charge in [-0.25, -0.2) is 0 Å². The molecule has 2 heterocycles. The first-order valence-electron chi connectivity index (χ1n) is 11.5. The Balaban J connectivity index is 2.01. The van der Waals surface area contributed by atoms with Crippen molar-refractivity contribution in [2.75, 3.05) is 5.32 Å². The lowest BCUT2D eigenvalue weighted by Gasteiger charge is -2.48. The molecule has 2 aromatic rings. The molecule has 1 saturated heterocycles. The Hall–Kier alpha value is -2.30. The molecule has 3 atom stereocenters. The normalized spacial score (nSPS) is 24.9. The predicted molar refractivity (Wildman–Crippen MR) is 135 cm³/mol. The van der Waals surface area contributed by atoms with Crippen molar-refractivity contribution in [3.05, 3.63) is 75.3 Å². The second kappa shape index (κ2) is 9.15. The van der Waals surface area contributed by atoms with E-state index in [0.29, 0.717) is 21.7 Å². The first kappa shape index (κ1) is 23.8. The van der Waals surface area contributed by atoms with E-state index in [1.807, 2.05) is 36.4 Å². The molecule has 4 rings (SSSR count). The van der Waals surface area contributed by atoms with Crippen molar-refractivity contribution in [3.63, 3.8) is 0 Å². The number of nitrogens with one attached hydrogen (secondary N) is 2. The standard InChI is InChI=1S/C27H30Cl2N2O2/c1-15(2)8-10-20(16(3)4)25-27(21-11-9-19(29)13-23(21)30-26(27)33)22(14-24(32)31-25)17-6-5-7-18(28)12-17/h5-7,9-13,15-16,22,25H,8,14H2,1-4H3,(H,30,33)(H,31,32)/b20-10-/t22-,25+,27-/m0/s1. The Bertz CT molecular complexity index is 1120. The molecule has 2 aliphatic rings. The molecule has 0 radical (unpaired) electrons. The van der Waals surface area contributed by atoms with Crippen LogP contribution < -0.4 is 10.6 Å². The molecule has 0 unspecified atom stereocenters. The summed E-state index contributed by atoms with van der Waals surface area (Å²) in [5.74, 6) is 0.0423. The third-order valence-corrected chi connectivity index (χ3v) is 7.30. The Kier molecular flexibility index (Phi) is 6.61. The third-order valence-electron chi connectivity index (χ3n) is 6.83. The molecule has 0 bridgehead atoms. The first-order valence-corrected chi connectivity index (χ1v) is 12.3. The smallest absolute Gasteiger partial charge is 0.238 e. The molecular weight excluding hydrogens is 455 g/mol. The zero-order chi connectivity index (χ0) is 23.9. The summed E-state index contributed by atoms with van der Waals surface area (Å²) in [6.45, 7) is 8.56. The van der Waals surface area contributed by atoms with Crippen LogP contribution in [0.5, 0.6) is 0 Å². The van der Waals surface area contributed by atoms with Gasteiger partial charge in [0, 0.05) is 28.1 Å². The van der Waals surface area contributed by atoms with Crippen LogP contribution >= 0.6 is 23.2 Å². The molecule has 2 amide bonds. The number of allylic oxidation sites excluding steroid dienone is 1. The highest BCUT2D eigenvalue weighted by Gasteiger charge is 2.61. The Morgan fingerprint density at radius 1 is 1.09 bits per heavy atom. The van der Waals surface area contributed by atoms with E-state index >= 15 is 0 Å². The fraction of sp³-hybridized carbons (Fsp3) is 0.407. The maximum Gasteiger partial charge on any atom is 0.238 e. The van der Waals surface area contributed by atoms with E-state index in [2.05, 4.69) is 44.4 Å². The van der Waals surface area contributed by atoms with Gasteiger partial charge in [-0.15, -0.1) is 0 Å². The van der Waals surface area contributed by atoms with Crippen molar-refractivity contribution in [3.8, 4) is 0 Å². The maximum atomic E-state index is 14.0. The molecule has 33 heavy (non-hydrogen) atoms. The molecule has 2 aliphatic heterocycles. The zero-order valence-electron chi connectivity index (χ0n) is 19.4. The van der Waals surface area contributed by atoms with Crippen LogP contribution in [0, 0.1) is 11.8 Å². The Morgan fingerprint density at radius 2 is 1.82 bits per heavy atom. The fourth-order valence-electron chi connectivity index (χ4n) is 5.35. The molecule has 2 N–H and O–H groups in total. The second-order valence-electron chi connectivity index (χ2n) is 9.81. The van der Waals surface area contributed by atoms with Gasteiger partial charge in [-0.3, -0.25) is 9.59 Å². The van der Waals surface area contributed by atoms with Crippen molar-refractivity contribution in [2.45, 2.75) is 57.9 Å². The minimum absolute atomic E-state index is 0.0677. The van der Waals surface area contributed by atoms with Crippen molar-refractivity contribution in [1.29, 1.82) is 0 Å². The van der Waals surface area contributed by atoms with E-state index in [9.17, 15) is 9.59 Å². The number of carbonyl (C=O) groups excluding carboxylic acids is 2. The number of rotatable bonds is 5. The molecule has 2 aromatic carbocycles. The van der Waals surface area contributed by atoms with E-state index in [-0.39, 0.29) is 30.1 Å². The van der Waals surface area contributed by atoms with Crippen LogP contribution in [0.15, 0.2) is 54.1 Å². The minimum Gasteiger partial charge on any atom is -0.348 e. The van der Waals surface area contributed by atoms with Crippen molar-refractivity contribution < 1.29 is 9.59 Å². The molecule has 174 valence electrons. The molecule has 1 spiro atoms. The van der Waals surface area contributed by atoms with Crippen molar-refractivity contribution in [1.82, 2.24) is 5.32 Å². The van der Waals surface area contributed by atoms with Crippen molar-refractivity contribution in [2.24, 2.45) is 11.8 Å². The van der Waals surface area contributed by atoms with E-state index in [1.54, 1.807) is 6.07 Å². The molecule has 6 heteroatoms.